The molecule has 0 spiro atoms. The number of likely N-dealkylation sites (N-methyl/N-ethyl adjacent to an activating group) is 1. The standard InChI is InChI=1S/C15H15N.ClH.Sb/c1-16(12-14-8-4-2-5-9-14)13-15-10-6-3-7-11-15;;/h2-8,10H,12-13H2,1H3;1H;/p-1. The van der Waals surface area contributed by atoms with Crippen LogP contribution < -0.4 is 12.4 Å². The van der Waals surface area contributed by atoms with Gasteiger partial charge in [-0.25, -0.2) is 0 Å². The third kappa shape index (κ3) is 5.78. The Morgan fingerprint density at radius 2 is 2.17 bits per heavy atom. The minimum atomic E-state index is 0. The predicted molar refractivity (Wildman–Crippen MR) is 73.3 cm³/mol. The van der Waals surface area contributed by atoms with Gasteiger partial charge in [0.1, 0.15) is 11.6 Å². The van der Waals surface area contributed by atoms with Crippen molar-refractivity contribution in [2.45, 2.75) is 0 Å². The minimum absolute atomic E-state index is 0. The smallest absolute Gasteiger partial charge is 0.130 e. The van der Waals surface area contributed by atoms with Crippen LogP contribution >= 0.6 is 0 Å². The van der Waals surface area contributed by atoms with Gasteiger partial charge in [0, 0.05) is 49.2 Å². The average molecular weight is 367 g/mol. The average Bonchev–Trinajstić information content (AvgIpc) is 2.31. The van der Waals surface area contributed by atoms with Gasteiger partial charge in [-0.1, -0.05) is 0 Å². The molecule has 0 aromatic rings. The monoisotopic (exact) mass is 365 g/mol. The number of nitrogens with zero attached hydrogens (tertiary/aromatic N) is 1. The summed E-state index contributed by atoms with van der Waals surface area (Å²) >= 11 is 0. The van der Waals surface area contributed by atoms with E-state index in [9.17, 15) is 0 Å². The van der Waals surface area contributed by atoms with Crippen LogP contribution in [0.25, 0.3) is 0 Å². The number of rotatable bonds is 4. The molecule has 0 unspecified atom stereocenters. The maximum atomic E-state index is 3.23. The van der Waals surface area contributed by atoms with Crippen LogP contribution in [0.5, 0.6) is 0 Å². The van der Waals surface area contributed by atoms with E-state index in [0.29, 0.717) is 0 Å². The summed E-state index contributed by atoms with van der Waals surface area (Å²) in [6.45, 7) is 1.84. The fourth-order valence-corrected chi connectivity index (χ4v) is 1.70. The van der Waals surface area contributed by atoms with E-state index >= 15 is 0 Å². The molecule has 18 heavy (non-hydrogen) atoms. The van der Waals surface area contributed by atoms with E-state index in [1.54, 1.807) is 0 Å². The van der Waals surface area contributed by atoms with Gasteiger partial charge in [0.05, 0.1) is 12.6 Å². The van der Waals surface area contributed by atoms with E-state index in [1.807, 2.05) is 36.8 Å². The van der Waals surface area contributed by atoms with Gasteiger partial charge < -0.3 is 12.4 Å². The zero-order chi connectivity index (χ0) is 11.2. The fraction of sp³-hybridized carbons (Fsp3) is 0.200. The molecule has 0 saturated carbocycles. The van der Waals surface area contributed by atoms with E-state index in [2.05, 4.69) is 35.9 Å². The van der Waals surface area contributed by atoms with E-state index < -0.39 is 0 Å². The second-order valence-electron chi connectivity index (χ2n) is 3.95. The molecule has 2 rings (SSSR count). The number of hydrogen-bond acceptors (Lipinski definition) is 1. The summed E-state index contributed by atoms with van der Waals surface area (Å²) in [6, 6.07) is 0. The largest absolute Gasteiger partial charge is 1.00 e. The molecule has 0 heterocycles. The quantitative estimate of drug-likeness (QED) is 0.360. The second-order valence-corrected chi connectivity index (χ2v) is 3.95. The van der Waals surface area contributed by atoms with Gasteiger partial charge in [0.15, 0.2) is 0 Å². The Bertz CT molecular complexity index is 437. The molecule has 3 heteroatoms. The molecule has 0 fully saturated rings. The van der Waals surface area contributed by atoms with E-state index in [0.717, 1.165) is 13.1 Å². The third-order valence-electron chi connectivity index (χ3n) is 2.43. The maximum absolute atomic E-state index is 3.23. The number of hydrogen-bond donors (Lipinski definition) is 0. The van der Waals surface area contributed by atoms with Crippen LogP contribution in [0.1, 0.15) is 0 Å². The molecule has 0 atom stereocenters. The summed E-state index contributed by atoms with van der Waals surface area (Å²) in [5.41, 5.74) is 5.68. The Morgan fingerprint density at radius 3 is 2.78 bits per heavy atom. The maximum Gasteiger partial charge on any atom is 0.130 e. The SMILES string of the molecule is CN(CC1=C=C[CH-]C=C1)CC1=CC=CC=[C+]1.[Cl-].[Sb]. The van der Waals surface area contributed by atoms with Crippen molar-refractivity contribution in [1.82, 2.24) is 4.90 Å². The Hall–Kier alpha value is -0.672. The Kier molecular flexibility index (Phi) is 8.94. The molecule has 0 bridgehead atoms. The summed E-state index contributed by atoms with van der Waals surface area (Å²) in [6.07, 6.45) is 19.4. The first-order valence-corrected chi connectivity index (χ1v) is 5.44. The Balaban J connectivity index is 0.00000144. The van der Waals surface area contributed by atoms with E-state index in [4.69, 9.17) is 0 Å². The van der Waals surface area contributed by atoms with Crippen molar-refractivity contribution in [3.05, 3.63) is 71.9 Å². The summed E-state index contributed by atoms with van der Waals surface area (Å²) in [5.74, 6) is 0. The molecular formula is C15H15ClNSb-. The Morgan fingerprint density at radius 1 is 1.33 bits per heavy atom. The zero-order valence-electron chi connectivity index (χ0n) is 10.3. The van der Waals surface area contributed by atoms with Crippen molar-refractivity contribution < 1.29 is 12.4 Å². The summed E-state index contributed by atoms with van der Waals surface area (Å²) < 4.78 is 0. The molecule has 2 aliphatic carbocycles. The molecule has 93 valence electrons. The zero-order valence-corrected chi connectivity index (χ0v) is 13.6. The van der Waals surface area contributed by atoms with Gasteiger partial charge in [-0.3, -0.25) is 10.6 Å². The van der Waals surface area contributed by atoms with Crippen molar-refractivity contribution in [1.29, 1.82) is 0 Å². The third-order valence-corrected chi connectivity index (χ3v) is 2.43. The van der Waals surface area contributed by atoms with Crippen LogP contribution in [0.3, 0.4) is 0 Å². The molecule has 1 nitrogen and oxygen atoms in total. The molecular weight excluding hydrogens is 351 g/mol. The van der Waals surface area contributed by atoms with Gasteiger partial charge in [0.25, 0.3) is 0 Å². The number of allylic oxidation sites excluding steroid dienone is 5. The molecule has 0 saturated heterocycles. The van der Waals surface area contributed by atoms with Crippen molar-refractivity contribution in [2.24, 2.45) is 0 Å². The molecule has 3 radical (unpaired) electrons. The first-order valence-electron chi connectivity index (χ1n) is 5.44. The van der Waals surface area contributed by atoms with Gasteiger partial charge in [-0.05, 0) is 7.05 Å². The van der Waals surface area contributed by atoms with Crippen LogP contribution in [0.15, 0.2) is 59.4 Å². The normalized spacial score (nSPS) is 15.0. The first kappa shape index (κ1) is 17.3. The second kappa shape index (κ2) is 9.28. The molecule has 0 aromatic heterocycles. The van der Waals surface area contributed by atoms with Crippen molar-refractivity contribution in [3.63, 3.8) is 0 Å². The topological polar surface area (TPSA) is 3.24 Å². The molecule has 0 aromatic carbocycles. The molecule has 2 aliphatic rings. The van der Waals surface area contributed by atoms with Crippen LogP contribution in [0.2, 0.25) is 0 Å². The molecule has 0 amide bonds. The van der Waals surface area contributed by atoms with Crippen molar-refractivity contribution in [3.8, 4) is 0 Å². The molecule has 0 N–H and O–H groups in total. The summed E-state index contributed by atoms with van der Waals surface area (Å²) in [5, 5.41) is 0. The van der Waals surface area contributed by atoms with Gasteiger partial charge in [0.2, 0.25) is 0 Å². The van der Waals surface area contributed by atoms with E-state index in [1.165, 1.54) is 11.1 Å². The predicted octanol–water partition coefficient (Wildman–Crippen LogP) is -0.747. The minimum Gasteiger partial charge on any atom is -1.00 e. The van der Waals surface area contributed by atoms with Crippen molar-refractivity contribution in [2.75, 3.05) is 20.1 Å². The van der Waals surface area contributed by atoms with Gasteiger partial charge in [-0.15, -0.1) is 11.6 Å². The first-order chi connectivity index (χ1) is 7.84. The van der Waals surface area contributed by atoms with Crippen molar-refractivity contribution >= 4 is 24.4 Å². The summed E-state index contributed by atoms with van der Waals surface area (Å²) in [7, 11) is 2.11. The fourth-order valence-electron chi connectivity index (χ4n) is 1.70. The van der Waals surface area contributed by atoms with Crippen LogP contribution in [0.4, 0.5) is 0 Å². The van der Waals surface area contributed by atoms with Gasteiger partial charge >= 0.3 is 0 Å². The van der Waals surface area contributed by atoms with E-state index in [-0.39, 0.29) is 36.8 Å². The summed E-state index contributed by atoms with van der Waals surface area (Å²) in [4.78, 5) is 2.26. The molecule has 0 aliphatic heterocycles. The Labute approximate surface area is 133 Å². The van der Waals surface area contributed by atoms with Gasteiger partial charge in [-0.2, -0.15) is 18.6 Å². The van der Waals surface area contributed by atoms with Crippen LogP contribution in [-0.4, -0.2) is 49.5 Å². The number of halogens is 1. The van der Waals surface area contributed by atoms with Crippen LogP contribution in [-0.2, 0) is 0 Å². The van der Waals surface area contributed by atoms with Crippen LogP contribution in [0, 0.1) is 12.5 Å².